The largest absolute Gasteiger partial charge is 0.383 e. The number of benzene rings is 1. The highest BCUT2D eigenvalue weighted by molar-refractivity contribution is 5.47. The smallest absolute Gasteiger partial charge is 0.0587 e. The van der Waals surface area contributed by atoms with Crippen LogP contribution < -0.4 is 10.2 Å². The van der Waals surface area contributed by atoms with Gasteiger partial charge in [-0.1, -0.05) is 19.1 Å². The van der Waals surface area contributed by atoms with E-state index in [-0.39, 0.29) is 0 Å². The van der Waals surface area contributed by atoms with Gasteiger partial charge < -0.3 is 15.0 Å². The maximum absolute atomic E-state index is 5.04. The number of anilines is 1. The highest BCUT2D eigenvalue weighted by Crippen LogP contribution is 2.29. The van der Waals surface area contributed by atoms with Crippen LogP contribution in [0.15, 0.2) is 24.3 Å². The topological polar surface area (TPSA) is 24.5 Å². The molecule has 1 aliphatic carbocycles. The molecule has 1 saturated carbocycles. The Kier molecular flexibility index (Phi) is 6.52. The maximum Gasteiger partial charge on any atom is 0.0587 e. The first-order chi connectivity index (χ1) is 10.2. The predicted octanol–water partition coefficient (Wildman–Crippen LogP) is 3.44. The number of ether oxygens (including phenoxy) is 1. The molecule has 1 aromatic rings. The Morgan fingerprint density at radius 2 is 1.81 bits per heavy atom. The summed E-state index contributed by atoms with van der Waals surface area (Å²) < 4.78 is 5.04. The van der Waals surface area contributed by atoms with Crippen molar-refractivity contribution in [2.75, 3.05) is 32.2 Å². The van der Waals surface area contributed by atoms with E-state index in [0.29, 0.717) is 6.04 Å². The summed E-state index contributed by atoms with van der Waals surface area (Å²) in [6, 6.07) is 9.69. The molecule has 3 heteroatoms. The normalized spacial score (nSPS) is 22.2. The maximum atomic E-state index is 5.04. The van der Waals surface area contributed by atoms with Gasteiger partial charge in [-0.15, -0.1) is 0 Å². The van der Waals surface area contributed by atoms with Gasteiger partial charge in [-0.05, 0) is 49.3 Å². The number of hydrogen-bond donors (Lipinski definition) is 1. The summed E-state index contributed by atoms with van der Waals surface area (Å²) in [4.78, 5) is 2.47. The van der Waals surface area contributed by atoms with Crippen LogP contribution in [0.5, 0.6) is 0 Å². The van der Waals surface area contributed by atoms with Crippen molar-refractivity contribution >= 4 is 5.69 Å². The monoisotopic (exact) mass is 290 g/mol. The van der Waals surface area contributed by atoms with Gasteiger partial charge in [-0.3, -0.25) is 0 Å². The van der Waals surface area contributed by atoms with Crippen LogP contribution in [0.25, 0.3) is 0 Å². The molecule has 0 spiro atoms. The first kappa shape index (κ1) is 16.3. The van der Waals surface area contributed by atoms with Gasteiger partial charge >= 0.3 is 0 Å². The fourth-order valence-corrected chi connectivity index (χ4v) is 3.10. The minimum atomic E-state index is 0.715. The zero-order valence-electron chi connectivity index (χ0n) is 13.8. The van der Waals surface area contributed by atoms with Gasteiger partial charge in [0, 0.05) is 39.0 Å². The highest BCUT2D eigenvalue weighted by Gasteiger charge is 2.21. The zero-order valence-corrected chi connectivity index (χ0v) is 13.8. The van der Waals surface area contributed by atoms with Crippen LogP contribution in [-0.4, -0.2) is 33.4 Å². The van der Waals surface area contributed by atoms with Crippen molar-refractivity contribution in [2.45, 2.75) is 45.2 Å². The van der Waals surface area contributed by atoms with Crippen LogP contribution in [0.2, 0.25) is 0 Å². The van der Waals surface area contributed by atoms with E-state index in [9.17, 15) is 0 Å². The van der Waals surface area contributed by atoms with Gasteiger partial charge in [-0.25, -0.2) is 0 Å². The molecule has 21 heavy (non-hydrogen) atoms. The quantitative estimate of drug-likeness (QED) is 0.779. The van der Waals surface area contributed by atoms with E-state index in [1.807, 2.05) is 0 Å². The summed E-state index contributed by atoms with van der Waals surface area (Å²) in [7, 11) is 3.98. The second-order valence-corrected chi connectivity index (χ2v) is 6.36. The fraction of sp³-hybridized carbons (Fsp3) is 0.667. The van der Waals surface area contributed by atoms with Crippen molar-refractivity contribution in [2.24, 2.45) is 5.92 Å². The van der Waals surface area contributed by atoms with E-state index in [2.05, 4.69) is 48.5 Å². The zero-order chi connectivity index (χ0) is 15.1. The predicted molar refractivity (Wildman–Crippen MR) is 89.8 cm³/mol. The summed E-state index contributed by atoms with van der Waals surface area (Å²) in [6.07, 6.45) is 5.41. The summed E-state index contributed by atoms with van der Waals surface area (Å²) in [5.41, 5.74) is 2.68. The lowest BCUT2D eigenvalue weighted by Crippen LogP contribution is -2.34. The molecule has 0 aromatic heterocycles. The number of nitrogens with zero attached hydrogens (tertiary/aromatic N) is 1. The average Bonchev–Trinajstić information content (AvgIpc) is 2.52. The van der Waals surface area contributed by atoms with E-state index < -0.39 is 0 Å². The van der Waals surface area contributed by atoms with Crippen molar-refractivity contribution in [3.8, 4) is 0 Å². The van der Waals surface area contributed by atoms with E-state index >= 15 is 0 Å². The fourth-order valence-electron chi connectivity index (χ4n) is 3.10. The van der Waals surface area contributed by atoms with Gasteiger partial charge in [-0.2, -0.15) is 0 Å². The van der Waals surface area contributed by atoms with Crippen LogP contribution in [0, 0.1) is 5.92 Å². The lowest BCUT2D eigenvalue weighted by Gasteiger charge is -2.35. The van der Waals surface area contributed by atoms with Crippen LogP contribution in [0.3, 0.4) is 0 Å². The van der Waals surface area contributed by atoms with Crippen molar-refractivity contribution in [3.63, 3.8) is 0 Å². The van der Waals surface area contributed by atoms with E-state index in [0.717, 1.165) is 25.6 Å². The Labute approximate surface area is 129 Å². The van der Waals surface area contributed by atoms with E-state index in [4.69, 9.17) is 4.74 Å². The lowest BCUT2D eigenvalue weighted by molar-refractivity contribution is 0.199. The van der Waals surface area contributed by atoms with Gasteiger partial charge in [0.05, 0.1) is 6.61 Å². The third-order valence-corrected chi connectivity index (χ3v) is 4.69. The second-order valence-electron chi connectivity index (χ2n) is 6.36. The SMILES string of the molecule is COCCNCc1ccc(N(C)C2CCC(C)CC2)cc1. The first-order valence-electron chi connectivity index (χ1n) is 8.22. The minimum Gasteiger partial charge on any atom is -0.383 e. The molecule has 0 amide bonds. The molecule has 3 nitrogen and oxygen atoms in total. The first-order valence-corrected chi connectivity index (χ1v) is 8.22. The Morgan fingerprint density at radius 3 is 2.43 bits per heavy atom. The Morgan fingerprint density at radius 1 is 1.14 bits per heavy atom. The van der Waals surface area contributed by atoms with Crippen LogP contribution in [0.1, 0.15) is 38.2 Å². The third kappa shape index (κ3) is 5.01. The van der Waals surface area contributed by atoms with Crippen LogP contribution >= 0.6 is 0 Å². The minimum absolute atomic E-state index is 0.715. The summed E-state index contributed by atoms with van der Waals surface area (Å²) in [6.45, 7) is 4.95. The molecule has 0 bridgehead atoms. The molecule has 1 aromatic carbocycles. The molecule has 118 valence electrons. The third-order valence-electron chi connectivity index (χ3n) is 4.69. The second kappa shape index (κ2) is 8.40. The summed E-state index contributed by atoms with van der Waals surface area (Å²) >= 11 is 0. The number of hydrogen-bond acceptors (Lipinski definition) is 3. The molecule has 0 aliphatic heterocycles. The van der Waals surface area contributed by atoms with Crippen molar-refractivity contribution in [3.05, 3.63) is 29.8 Å². The molecule has 0 unspecified atom stereocenters. The van der Waals surface area contributed by atoms with E-state index in [1.165, 1.54) is 36.9 Å². The molecular weight excluding hydrogens is 260 g/mol. The highest BCUT2D eigenvalue weighted by atomic mass is 16.5. The van der Waals surface area contributed by atoms with Crippen molar-refractivity contribution < 1.29 is 4.74 Å². The Bertz CT molecular complexity index is 396. The molecule has 0 saturated heterocycles. The number of methoxy groups -OCH3 is 1. The molecule has 1 aliphatic rings. The molecular formula is C18H30N2O. The van der Waals surface area contributed by atoms with Gasteiger partial charge in [0.15, 0.2) is 0 Å². The summed E-state index contributed by atoms with van der Waals surface area (Å²) in [5, 5.41) is 3.38. The molecule has 0 heterocycles. The molecule has 0 radical (unpaired) electrons. The van der Waals surface area contributed by atoms with Crippen LogP contribution in [-0.2, 0) is 11.3 Å². The lowest BCUT2D eigenvalue weighted by atomic mass is 9.86. The summed E-state index contributed by atoms with van der Waals surface area (Å²) in [5.74, 6) is 0.912. The molecule has 2 rings (SSSR count). The number of rotatable bonds is 7. The van der Waals surface area contributed by atoms with Crippen molar-refractivity contribution in [1.29, 1.82) is 0 Å². The van der Waals surface area contributed by atoms with Crippen molar-refractivity contribution in [1.82, 2.24) is 5.32 Å². The van der Waals surface area contributed by atoms with Crippen LogP contribution in [0.4, 0.5) is 5.69 Å². The van der Waals surface area contributed by atoms with Gasteiger partial charge in [0.2, 0.25) is 0 Å². The Hall–Kier alpha value is -1.06. The van der Waals surface area contributed by atoms with E-state index in [1.54, 1.807) is 7.11 Å². The standard InChI is InChI=1S/C18H30N2O/c1-15-4-8-17(9-5-15)20(2)18-10-6-16(7-11-18)14-19-12-13-21-3/h6-7,10-11,15,17,19H,4-5,8-9,12-14H2,1-3H3. The molecule has 1 N–H and O–H groups in total. The molecule has 1 fully saturated rings. The average molecular weight is 290 g/mol. The molecule has 0 atom stereocenters. The van der Waals surface area contributed by atoms with Gasteiger partial charge in [0.1, 0.15) is 0 Å². The Balaban J connectivity index is 1.83. The van der Waals surface area contributed by atoms with Gasteiger partial charge in [0.25, 0.3) is 0 Å². The number of nitrogens with one attached hydrogen (secondary N) is 1.